The lowest BCUT2D eigenvalue weighted by Crippen LogP contribution is -2.21. The number of nitrogens with one attached hydrogen (secondary N) is 1. The van der Waals surface area contributed by atoms with Gasteiger partial charge in [-0.05, 0) is 25.4 Å². The van der Waals surface area contributed by atoms with Gasteiger partial charge in [-0.25, -0.2) is 0 Å². The molecule has 0 aliphatic rings. The normalized spacial score (nSPS) is 14.8. The van der Waals surface area contributed by atoms with Gasteiger partial charge in [-0.15, -0.1) is 0 Å². The highest BCUT2D eigenvalue weighted by molar-refractivity contribution is 4.63. The smallest absolute Gasteiger partial charge is 0.00236 e. The lowest BCUT2D eigenvalue weighted by molar-refractivity contribution is 0.342. The maximum absolute atomic E-state index is 3.28. The van der Waals surface area contributed by atoms with Gasteiger partial charge < -0.3 is 5.32 Å². The van der Waals surface area contributed by atoms with Crippen LogP contribution in [0.15, 0.2) is 0 Å². The summed E-state index contributed by atoms with van der Waals surface area (Å²) in [5, 5.41) is 3.28. The average Bonchev–Trinajstić information content (AvgIpc) is 2.32. The van der Waals surface area contributed by atoms with E-state index in [1.54, 1.807) is 0 Å². The van der Waals surface area contributed by atoms with E-state index in [0.29, 0.717) is 0 Å². The lowest BCUT2D eigenvalue weighted by atomic mass is 9.90. The predicted octanol–water partition coefficient (Wildman–Crippen LogP) is 5.01. The first-order chi connectivity index (χ1) is 8.22. The van der Waals surface area contributed by atoms with Crippen LogP contribution in [-0.2, 0) is 0 Å². The maximum atomic E-state index is 3.28. The van der Waals surface area contributed by atoms with Crippen LogP contribution in [0.25, 0.3) is 0 Å². The first-order valence-corrected chi connectivity index (χ1v) is 7.87. The van der Waals surface area contributed by atoms with Crippen molar-refractivity contribution >= 4 is 0 Å². The average molecular weight is 241 g/mol. The highest BCUT2D eigenvalue weighted by atomic mass is 14.8. The van der Waals surface area contributed by atoms with Crippen molar-refractivity contribution in [3.8, 4) is 0 Å². The van der Waals surface area contributed by atoms with Crippen molar-refractivity contribution in [3.05, 3.63) is 0 Å². The van der Waals surface area contributed by atoms with Crippen molar-refractivity contribution in [2.75, 3.05) is 13.6 Å². The molecule has 0 aromatic rings. The van der Waals surface area contributed by atoms with Crippen LogP contribution in [-0.4, -0.2) is 13.6 Å². The van der Waals surface area contributed by atoms with Gasteiger partial charge in [-0.1, -0.05) is 78.6 Å². The van der Waals surface area contributed by atoms with Crippen LogP contribution in [0.4, 0.5) is 0 Å². The molecule has 0 heterocycles. The van der Waals surface area contributed by atoms with Gasteiger partial charge in [-0.3, -0.25) is 0 Å². The van der Waals surface area contributed by atoms with Crippen LogP contribution in [0.2, 0.25) is 0 Å². The lowest BCUT2D eigenvalue weighted by Gasteiger charge is -2.19. The van der Waals surface area contributed by atoms with Gasteiger partial charge in [0.2, 0.25) is 0 Å². The van der Waals surface area contributed by atoms with E-state index in [0.717, 1.165) is 18.4 Å². The molecule has 0 saturated carbocycles. The molecular formula is C16H35N. The van der Waals surface area contributed by atoms with Gasteiger partial charge in [0, 0.05) is 0 Å². The molecule has 104 valence electrons. The Hall–Kier alpha value is -0.0400. The zero-order valence-electron chi connectivity index (χ0n) is 12.7. The molecule has 1 nitrogen and oxygen atoms in total. The van der Waals surface area contributed by atoms with Crippen LogP contribution in [0.3, 0.4) is 0 Å². The van der Waals surface area contributed by atoms with Crippen LogP contribution >= 0.6 is 0 Å². The quantitative estimate of drug-likeness (QED) is 0.474. The molecule has 0 radical (unpaired) electrons. The van der Waals surface area contributed by atoms with Crippen LogP contribution in [0.5, 0.6) is 0 Å². The summed E-state index contributed by atoms with van der Waals surface area (Å²) < 4.78 is 0. The van der Waals surface area contributed by atoms with E-state index in [-0.39, 0.29) is 0 Å². The molecule has 0 spiro atoms. The van der Waals surface area contributed by atoms with Crippen LogP contribution < -0.4 is 5.32 Å². The number of rotatable bonds is 12. The summed E-state index contributed by atoms with van der Waals surface area (Å²) in [6, 6.07) is 0. The number of hydrogen-bond acceptors (Lipinski definition) is 1. The molecule has 2 atom stereocenters. The van der Waals surface area contributed by atoms with Gasteiger partial charge in [-0.2, -0.15) is 0 Å². The second-order valence-corrected chi connectivity index (χ2v) is 5.78. The minimum Gasteiger partial charge on any atom is -0.319 e. The third-order valence-electron chi connectivity index (χ3n) is 4.01. The molecule has 0 aliphatic heterocycles. The van der Waals surface area contributed by atoms with Crippen LogP contribution in [0.1, 0.15) is 78.6 Å². The van der Waals surface area contributed by atoms with E-state index in [2.05, 4.69) is 33.1 Å². The fourth-order valence-electron chi connectivity index (χ4n) is 2.41. The highest BCUT2D eigenvalue weighted by Gasteiger charge is 2.10. The zero-order valence-corrected chi connectivity index (χ0v) is 12.7. The predicted molar refractivity (Wildman–Crippen MR) is 79.5 cm³/mol. The first kappa shape index (κ1) is 17.0. The Bertz CT molecular complexity index is 144. The molecule has 1 N–H and O–H groups in total. The minimum absolute atomic E-state index is 0.824. The molecule has 0 fully saturated rings. The van der Waals surface area contributed by atoms with Gasteiger partial charge >= 0.3 is 0 Å². The van der Waals surface area contributed by atoms with Crippen molar-refractivity contribution in [1.29, 1.82) is 0 Å². The highest BCUT2D eigenvalue weighted by Crippen LogP contribution is 2.18. The van der Waals surface area contributed by atoms with Gasteiger partial charge in [0.1, 0.15) is 0 Å². The summed E-state index contributed by atoms with van der Waals surface area (Å²) in [5.41, 5.74) is 0. The summed E-state index contributed by atoms with van der Waals surface area (Å²) in [7, 11) is 2.06. The van der Waals surface area contributed by atoms with E-state index >= 15 is 0 Å². The summed E-state index contributed by atoms with van der Waals surface area (Å²) in [5.74, 6) is 1.70. The molecule has 1 heteroatoms. The summed E-state index contributed by atoms with van der Waals surface area (Å²) in [6.07, 6.45) is 12.9. The molecule has 0 rings (SSSR count). The fourth-order valence-corrected chi connectivity index (χ4v) is 2.41. The van der Waals surface area contributed by atoms with Gasteiger partial charge in [0.25, 0.3) is 0 Å². The molecule has 0 amide bonds. The summed E-state index contributed by atoms with van der Waals surface area (Å²) in [4.78, 5) is 0. The molecule has 0 bridgehead atoms. The Labute approximate surface area is 110 Å². The third-order valence-corrected chi connectivity index (χ3v) is 4.01. The van der Waals surface area contributed by atoms with Crippen molar-refractivity contribution in [1.82, 2.24) is 5.32 Å². The monoisotopic (exact) mass is 241 g/mol. The van der Waals surface area contributed by atoms with E-state index in [9.17, 15) is 0 Å². The van der Waals surface area contributed by atoms with Crippen LogP contribution in [0, 0.1) is 11.8 Å². The fraction of sp³-hybridized carbons (Fsp3) is 1.00. The van der Waals surface area contributed by atoms with E-state index in [4.69, 9.17) is 0 Å². The third kappa shape index (κ3) is 10.8. The largest absolute Gasteiger partial charge is 0.319 e. The summed E-state index contributed by atoms with van der Waals surface area (Å²) >= 11 is 0. The second kappa shape index (κ2) is 12.4. The van der Waals surface area contributed by atoms with Crippen molar-refractivity contribution in [2.24, 2.45) is 11.8 Å². The van der Waals surface area contributed by atoms with Crippen molar-refractivity contribution in [3.63, 3.8) is 0 Å². The van der Waals surface area contributed by atoms with E-state index < -0.39 is 0 Å². The molecule has 0 aliphatic carbocycles. The standard InChI is InChI=1S/C16H35N/c1-5-6-7-8-9-10-11-12-13-15(2)16(3)14-17-4/h15-17H,5-14H2,1-4H3. The van der Waals surface area contributed by atoms with Gasteiger partial charge in [0.15, 0.2) is 0 Å². The molecular weight excluding hydrogens is 206 g/mol. The molecule has 0 aromatic carbocycles. The Balaban J connectivity index is 3.21. The number of hydrogen-bond donors (Lipinski definition) is 1. The van der Waals surface area contributed by atoms with Crippen molar-refractivity contribution in [2.45, 2.75) is 78.6 Å². The molecule has 0 aromatic heterocycles. The first-order valence-electron chi connectivity index (χ1n) is 7.87. The summed E-state index contributed by atoms with van der Waals surface area (Å²) in [6.45, 7) is 8.22. The Morgan fingerprint density at radius 2 is 1.29 bits per heavy atom. The topological polar surface area (TPSA) is 12.0 Å². The minimum atomic E-state index is 0.824. The Morgan fingerprint density at radius 1 is 0.765 bits per heavy atom. The maximum Gasteiger partial charge on any atom is -0.00236 e. The van der Waals surface area contributed by atoms with E-state index in [1.165, 1.54) is 57.8 Å². The zero-order chi connectivity index (χ0) is 12.9. The van der Waals surface area contributed by atoms with E-state index in [1.807, 2.05) is 0 Å². The van der Waals surface area contributed by atoms with Gasteiger partial charge in [0.05, 0.1) is 0 Å². The molecule has 17 heavy (non-hydrogen) atoms. The Kier molecular flexibility index (Phi) is 12.4. The molecule has 0 saturated heterocycles. The SMILES string of the molecule is CCCCCCCCCCC(C)C(C)CNC. The second-order valence-electron chi connectivity index (χ2n) is 5.78. The number of unbranched alkanes of at least 4 members (excludes halogenated alkanes) is 7. The Morgan fingerprint density at radius 3 is 1.82 bits per heavy atom. The molecule has 2 unspecified atom stereocenters. The van der Waals surface area contributed by atoms with Crippen molar-refractivity contribution < 1.29 is 0 Å².